The summed E-state index contributed by atoms with van der Waals surface area (Å²) >= 11 is 0. The van der Waals surface area contributed by atoms with Crippen molar-refractivity contribution in [3.8, 4) is 17.1 Å². The molecule has 0 saturated heterocycles. The number of nitrogens with zero attached hydrogens (tertiary/aromatic N) is 2. The van der Waals surface area contributed by atoms with Crippen LogP contribution in [-0.2, 0) is 6.54 Å². The fourth-order valence-electron chi connectivity index (χ4n) is 2.55. The largest absolute Gasteiger partial charge is 0.497 e. The second-order valence-electron chi connectivity index (χ2n) is 5.10. The lowest BCUT2D eigenvalue weighted by molar-refractivity contribution is 0.357. The number of methoxy groups -OCH3 is 1. The van der Waals surface area contributed by atoms with Crippen LogP contribution in [0.2, 0.25) is 0 Å². The van der Waals surface area contributed by atoms with E-state index in [1.165, 1.54) is 25.7 Å². The van der Waals surface area contributed by atoms with E-state index in [-0.39, 0.29) is 0 Å². The maximum atomic E-state index is 5.28. The van der Waals surface area contributed by atoms with Gasteiger partial charge in [-0.25, -0.2) is 0 Å². The molecule has 0 aliphatic heterocycles. The Morgan fingerprint density at radius 2 is 2.00 bits per heavy atom. The highest BCUT2D eigenvalue weighted by Gasteiger charge is 2.15. The zero-order chi connectivity index (χ0) is 13.8. The molecule has 1 heterocycles. The van der Waals surface area contributed by atoms with Crippen LogP contribution in [0, 0.1) is 0 Å². The lowest BCUT2D eigenvalue weighted by atomic mass is 10.2. The van der Waals surface area contributed by atoms with Gasteiger partial charge in [-0.05, 0) is 37.1 Å². The highest BCUT2D eigenvalue weighted by Crippen LogP contribution is 2.20. The molecule has 3 rings (SSSR count). The van der Waals surface area contributed by atoms with Gasteiger partial charge < -0.3 is 14.6 Å². The zero-order valence-corrected chi connectivity index (χ0v) is 11.6. The molecule has 2 aromatic rings. The lowest BCUT2D eigenvalue weighted by Gasteiger charge is -2.08. The zero-order valence-electron chi connectivity index (χ0n) is 11.6. The summed E-state index contributed by atoms with van der Waals surface area (Å²) < 4.78 is 10.4. The summed E-state index contributed by atoms with van der Waals surface area (Å²) in [5, 5.41) is 7.48. The van der Waals surface area contributed by atoms with Crippen molar-refractivity contribution in [3.05, 3.63) is 30.2 Å². The van der Waals surface area contributed by atoms with Crippen LogP contribution in [0.1, 0.15) is 31.6 Å². The van der Waals surface area contributed by atoms with Crippen molar-refractivity contribution in [2.24, 2.45) is 0 Å². The fraction of sp³-hybridized carbons (Fsp3) is 0.467. The number of aromatic nitrogens is 2. The van der Waals surface area contributed by atoms with E-state index < -0.39 is 0 Å². The van der Waals surface area contributed by atoms with Crippen LogP contribution in [0.15, 0.2) is 28.8 Å². The van der Waals surface area contributed by atoms with E-state index in [1.807, 2.05) is 24.3 Å². The SMILES string of the molecule is COc1ccc(-c2noc(CNC3CCCC3)n2)cc1. The van der Waals surface area contributed by atoms with Gasteiger partial charge in [-0.15, -0.1) is 0 Å². The van der Waals surface area contributed by atoms with E-state index in [4.69, 9.17) is 9.26 Å². The van der Waals surface area contributed by atoms with E-state index in [9.17, 15) is 0 Å². The van der Waals surface area contributed by atoms with Crippen molar-refractivity contribution in [2.45, 2.75) is 38.3 Å². The molecule has 5 heteroatoms. The van der Waals surface area contributed by atoms with Gasteiger partial charge in [-0.1, -0.05) is 18.0 Å². The van der Waals surface area contributed by atoms with Crippen molar-refractivity contribution < 1.29 is 9.26 Å². The third kappa shape index (κ3) is 2.99. The minimum Gasteiger partial charge on any atom is -0.497 e. The number of rotatable bonds is 5. The van der Waals surface area contributed by atoms with Crippen molar-refractivity contribution in [1.29, 1.82) is 0 Å². The van der Waals surface area contributed by atoms with Gasteiger partial charge in [0.15, 0.2) is 0 Å². The summed E-state index contributed by atoms with van der Waals surface area (Å²) in [6.45, 7) is 0.647. The van der Waals surface area contributed by atoms with E-state index in [2.05, 4.69) is 15.5 Å². The number of benzene rings is 1. The minimum absolute atomic E-state index is 0.603. The highest BCUT2D eigenvalue weighted by molar-refractivity contribution is 5.55. The normalized spacial score (nSPS) is 15.7. The average molecular weight is 273 g/mol. The summed E-state index contributed by atoms with van der Waals surface area (Å²) in [7, 11) is 1.65. The Bertz CT molecular complexity index is 545. The lowest BCUT2D eigenvalue weighted by Crippen LogP contribution is -2.25. The molecular weight excluding hydrogens is 254 g/mol. The van der Waals surface area contributed by atoms with Crippen LogP contribution in [0.5, 0.6) is 5.75 Å². The van der Waals surface area contributed by atoms with Gasteiger partial charge in [0.25, 0.3) is 0 Å². The van der Waals surface area contributed by atoms with Crippen LogP contribution in [0.4, 0.5) is 0 Å². The number of ether oxygens (including phenoxy) is 1. The van der Waals surface area contributed by atoms with E-state index in [0.29, 0.717) is 24.3 Å². The predicted molar refractivity (Wildman–Crippen MR) is 75.4 cm³/mol. The van der Waals surface area contributed by atoms with E-state index >= 15 is 0 Å². The standard InChI is InChI=1S/C15H19N3O2/c1-19-13-8-6-11(7-9-13)15-17-14(20-18-15)10-16-12-4-2-3-5-12/h6-9,12,16H,2-5,10H2,1H3. The smallest absolute Gasteiger partial charge is 0.240 e. The predicted octanol–water partition coefficient (Wildman–Crippen LogP) is 2.78. The molecule has 0 radical (unpaired) electrons. The van der Waals surface area contributed by atoms with Gasteiger partial charge in [0.05, 0.1) is 13.7 Å². The molecule has 5 nitrogen and oxygen atoms in total. The number of hydrogen-bond acceptors (Lipinski definition) is 5. The molecule has 0 atom stereocenters. The molecule has 0 unspecified atom stereocenters. The van der Waals surface area contributed by atoms with Crippen molar-refractivity contribution >= 4 is 0 Å². The van der Waals surface area contributed by atoms with E-state index in [0.717, 1.165) is 11.3 Å². The van der Waals surface area contributed by atoms with Gasteiger partial charge in [0, 0.05) is 11.6 Å². The van der Waals surface area contributed by atoms with Crippen LogP contribution >= 0.6 is 0 Å². The van der Waals surface area contributed by atoms with Crippen LogP contribution in [0.25, 0.3) is 11.4 Å². The maximum absolute atomic E-state index is 5.28. The van der Waals surface area contributed by atoms with Crippen LogP contribution in [0.3, 0.4) is 0 Å². The summed E-state index contributed by atoms with van der Waals surface area (Å²) in [5.74, 6) is 2.08. The Hall–Kier alpha value is -1.88. The minimum atomic E-state index is 0.603. The molecule has 20 heavy (non-hydrogen) atoms. The summed E-state index contributed by atoms with van der Waals surface area (Å²) in [6.07, 6.45) is 5.14. The summed E-state index contributed by atoms with van der Waals surface area (Å²) in [5.41, 5.74) is 0.932. The average Bonchev–Trinajstić information content (AvgIpc) is 3.17. The molecule has 0 spiro atoms. The number of hydrogen-bond donors (Lipinski definition) is 1. The summed E-state index contributed by atoms with van der Waals surface area (Å²) in [4.78, 5) is 4.42. The Balaban J connectivity index is 1.62. The first kappa shape index (κ1) is 13.1. The number of nitrogens with one attached hydrogen (secondary N) is 1. The van der Waals surface area contributed by atoms with Crippen LogP contribution < -0.4 is 10.1 Å². The fourth-order valence-corrected chi connectivity index (χ4v) is 2.55. The Morgan fingerprint density at radius 3 is 2.70 bits per heavy atom. The Morgan fingerprint density at radius 1 is 1.25 bits per heavy atom. The van der Waals surface area contributed by atoms with Gasteiger partial charge in [-0.3, -0.25) is 0 Å². The Labute approximate surface area is 118 Å². The molecule has 1 aliphatic rings. The van der Waals surface area contributed by atoms with Crippen molar-refractivity contribution in [1.82, 2.24) is 15.5 Å². The first-order valence-corrected chi connectivity index (χ1v) is 7.05. The van der Waals surface area contributed by atoms with Crippen molar-refractivity contribution in [3.63, 3.8) is 0 Å². The molecular formula is C15H19N3O2. The quantitative estimate of drug-likeness (QED) is 0.907. The first-order chi connectivity index (χ1) is 9.85. The molecule has 0 amide bonds. The molecule has 1 fully saturated rings. The Kier molecular flexibility index (Phi) is 3.97. The molecule has 1 aromatic heterocycles. The molecule has 1 aliphatic carbocycles. The molecule has 0 bridgehead atoms. The van der Waals surface area contributed by atoms with Gasteiger partial charge >= 0.3 is 0 Å². The molecule has 1 aromatic carbocycles. The molecule has 1 N–H and O–H groups in total. The third-order valence-corrected chi connectivity index (χ3v) is 3.71. The molecule has 1 saturated carbocycles. The van der Waals surface area contributed by atoms with Gasteiger partial charge in [-0.2, -0.15) is 4.98 Å². The third-order valence-electron chi connectivity index (χ3n) is 3.71. The van der Waals surface area contributed by atoms with Crippen LogP contribution in [-0.4, -0.2) is 23.3 Å². The van der Waals surface area contributed by atoms with Gasteiger partial charge in [0.2, 0.25) is 11.7 Å². The van der Waals surface area contributed by atoms with Gasteiger partial charge in [0.1, 0.15) is 5.75 Å². The van der Waals surface area contributed by atoms with E-state index in [1.54, 1.807) is 7.11 Å². The molecule has 106 valence electrons. The van der Waals surface area contributed by atoms with Crippen molar-refractivity contribution in [2.75, 3.05) is 7.11 Å². The maximum Gasteiger partial charge on any atom is 0.240 e. The topological polar surface area (TPSA) is 60.2 Å². The second-order valence-corrected chi connectivity index (χ2v) is 5.10. The first-order valence-electron chi connectivity index (χ1n) is 7.05. The highest BCUT2D eigenvalue weighted by atomic mass is 16.5. The monoisotopic (exact) mass is 273 g/mol. The summed E-state index contributed by atoms with van der Waals surface area (Å²) in [6, 6.07) is 8.24. The second kappa shape index (κ2) is 6.05.